The molecule has 1 aromatic heterocycles. The molecule has 0 fully saturated rings. The van der Waals surface area contributed by atoms with Gasteiger partial charge in [-0.3, -0.25) is 4.98 Å². The molecule has 0 bridgehead atoms. The summed E-state index contributed by atoms with van der Waals surface area (Å²) in [5.74, 6) is 1.38. The number of nitrogens with zero attached hydrogens (tertiary/aromatic N) is 1. The van der Waals surface area contributed by atoms with Crippen LogP contribution in [0.2, 0.25) is 5.02 Å². The fourth-order valence-electron chi connectivity index (χ4n) is 2.33. The molecule has 0 aliphatic heterocycles. The molecule has 19 heavy (non-hydrogen) atoms. The third kappa shape index (κ3) is 2.57. The second-order valence-electron chi connectivity index (χ2n) is 4.43. The maximum atomic E-state index is 10.0. The Bertz CT molecular complexity index is 633. The molecule has 98 valence electrons. The van der Waals surface area contributed by atoms with Gasteiger partial charge in [-0.1, -0.05) is 11.6 Å². The first-order valence-electron chi connectivity index (χ1n) is 5.93. The topological polar surface area (TPSA) is 42.4 Å². The first kappa shape index (κ1) is 13.1. The van der Waals surface area contributed by atoms with Crippen molar-refractivity contribution in [3.05, 3.63) is 50.3 Å². The van der Waals surface area contributed by atoms with Gasteiger partial charge in [-0.15, -0.1) is 0 Å². The van der Waals surface area contributed by atoms with E-state index in [0.717, 1.165) is 33.3 Å². The highest BCUT2D eigenvalue weighted by Gasteiger charge is 2.26. The van der Waals surface area contributed by atoms with Crippen LogP contribution in [0.25, 0.3) is 0 Å². The molecule has 2 aromatic rings. The summed E-state index contributed by atoms with van der Waals surface area (Å²) in [5, 5.41) is 10.5. The smallest absolute Gasteiger partial charge is 0.147 e. The molecule has 0 amide bonds. The van der Waals surface area contributed by atoms with E-state index in [1.54, 1.807) is 18.5 Å². The van der Waals surface area contributed by atoms with Gasteiger partial charge in [-0.05, 0) is 47.6 Å². The van der Waals surface area contributed by atoms with Gasteiger partial charge in [0.15, 0.2) is 0 Å². The first-order chi connectivity index (χ1) is 9.15. The summed E-state index contributed by atoms with van der Waals surface area (Å²) in [4.78, 5) is 4.00. The van der Waals surface area contributed by atoms with Crippen molar-refractivity contribution in [1.29, 1.82) is 0 Å². The maximum absolute atomic E-state index is 10.0. The van der Waals surface area contributed by atoms with Gasteiger partial charge in [0.1, 0.15) is 11.5 Å². The fraction of sp³-hybridized carbons (Fsp3) is 0.214. The summed E-state index contributed by atoms with van der Waals surface area (Å²) in [6.07, 6.45) is 4.39. The number of aromatic nitrogens is 1. The third-order valence-corrected chi connectivity index (χ3v) is 4.32. The quantitative estimate of drug-likeness (QED) is 0.789. The average Bonchev–Trinajstić information content (AvgIpc) is 2.76. The Kier molecular flexibility index (Phi) is 3.64. The minimum absolute atomic E-state index is 0.386. The highest BCUT2D eigenvalue weighted by atomic mass is 127. The van der Waals surface area contributed by atoms with E-state index in [1.165, 1.54) is 0 Å². The number of aliphatic hydroxyl groups is 1. The number of benzene rings is 1. The van der Waals surface area contributed by atoms with Gasteiger partial charge >= 0.3 is 0 Å². The summed E-state index contributed by atoms with van der Waals surface area (Å²) in [6, 6.07) is 5.62. The predicted octanol–water partition coefficient (Wildman–Crippen LogP) is 4.11. The number of hydrogen-bond acceptors (Lipinski definition) is 3. The van der Waals surface area contributed by atoms with Crippen LogP contribution in [0, 0.1) is 3.57 Å². The molecule has 1 aromatic carbocycles. The number of aliphatic hydroxyl groups excluding tert-OH is 1. The molecule has 0 saturated carbocycles. The van der Waals surface area contributed by atoms with Gasteiger partial charge < -0.3 is 9.84 Å². The van der Waals surface area contributed by atoms with E-state index in [1.807, 2.05) is 12.1 Å². The van der Waals surface area contributed by atoms with E-state index in [4.69, 9.17) is 16.3 Å². The largest absolute Gasteiger partial charge is 0.455 e. The van der Waals surface area contributed by atoms with E-state index < -0.39 is 0 Å². The Hall–Kier alpha value is -0.850. The van der Waals surface area contributed by atoms with Crippen molar-refractivity contribution in [2.45, 2.75) is 18.9 Å². The van der Waals surface area contributed by atoms with Crippen molar-refractivity contribution >= 4 is 34.2 Å². The van der Waals surface area contributed by atoms with Crippen LogP contribution in [0.5, 0.6) is 11.5 Å². The van der Waals surface area contributed by atoms with Crippen LogP contribution < -0.4 is 4.74 Å². The van der Waals surface area contributed by atoms with Crippen LogP contribution in [-0.2, 0) is 6.42 Å². The van der Waals surface area contributed by atoms with Crippen LogP contribution in [0.1, 0.15) is 23.7 Å². The molecule has 1 aliphatic carbocycles. The lowest BCUT2D eigenvalue weighted by atomic mass is 10.1. The minimum Gasteiger partial charge on any atom is -0.455 e. The first-order valence-corrected chi connectivity index (χ1v) is 7.38. The molecule has 1 unspecified atom stereocenters. The normalized spacial score (nSPS) is 17.3. The molecule has 0 saturated heterocycles. The van der Waals surface area contributed by atoms with Crippen molar-refractivity contribution in [2.24, 2.45) is 0 Å². The fourth-order valence-corrected chi connectivity index (χ4v) is 3.36. The molecule has 0 spiro atoms. The second kappa shape index (κ2) is 5.26. The molecular weight excluding hydrogens is 377 g/mol. The van der Waals surface area contributed by atoms with Gasteiger partial charge in [-0.25, -0.2) is 0 Å². The lowest BCUT2D eigenvalue weighted by molar-refractivity contribution is 0.179. The summed E-state index contributed by atoms with van der Waals surface area (Å²) in [7, 11) is 0. The number of hydrogen-bond donors (Lipinski definition) is 1. The Morgan fingerprint density at radius 2 is 2.21 bits per heavy atom. The van der Waals surface area contributed by atoms with Crippen LogP contribution in [0.4, 0.5) is 0 Å². The minimum atomic E-state index is -0.386. The molecular formula is C14H11ClINO2. The number of pyridine rings is 1. The molecule has 1 aliphatic rings. The van der Waals surface area contributed by atoms with E-state index in [0.29, 0.717) is 10.8 Å². The van der Waals surface area contributed by atoms with Crippen LogP contribution in [0.3, 0.4) is 0 Å². The number of ether oxygens (including phenoxy) is 1. The Balaban J connectivity index is 1.99. The van der Waals surface area contributed by atoms with Crippen molar-refractivity contribution < 1.29 is 9.84 Å². The molecule has 1 heterocycles. The molecule has 1 atom stereocenters. The second-order valence-corrected chi connectivity index (χ2v) is 6.03. The highest BCUT2D eigenvalue weighted by molar-refractivity contribution is 14.1. The van der Waals surface area contributed by atoms with Crippen LogP contribution >= 0.6 is 34.2 Å². The van der Waals surface area contributed by atoms with E-state index in [9.17, 15) is 5.11 Å². The Labute approximate surface area is 129 Å². The lowest BCUT2D eigenvalue weighted by Gasteiger charge is -2.12. The van der Waals surface area contributed by atoms with Crippen LogP contribution in [0.15, 0.2) is 30.6 Å². The van der Waals surface area contributed by atoms with E-state index in [2.05, 4.69) is 27.6 Å². The molecule has 0 radical (unpaired) electrons. The van der Waals surface area contributed by atoms with Gasteiger partial charge in [0.2, 0.25) is 0 Å². The molecule has 3 rings (SSSR count). The highest BCUT2D eigenvalue weighted by Crippen LogP contribution is 2.41. The van der Waals surface area contributed by atoms with E-state index >= 15 is 0 Å². The third-order valence-electron chi connectivity index (χ3n) is 3.17. The summed E-state index contributed by atoms with van der Waals surface area (Å²) in [6.45, 7) is 0. The van der Waals surface area contributed by atoms with Crippen molar-refractivity contribution in [2.75, 3.05) is 0 Å². The predicted molar refractivity (Wildman–Crippen MR) is 81.8 cm³/mol. The van der Waals surface area contributed by atoms with Crippen molar-refractivity contribution in [3.8, 4) is 11.5 Å². The number of rotatable bonds is 2. The van der Waals surface area contributed by atoms with Gasteiger partial charge in [0.25, 0.3) is 0 Å². The number of halogens is 2. The van der Waals surface area contributed by atoms with Crippen molar-refractivity contribution in [3.63, 3.8) is 0 Å². The van der Waals surface area contributed by atoms with Crippen LogP contribution in [-0.4, -0.2) is 10.1 Å². The van der Waals surface area contributed by atoms with Crippen molar-refractivity contribution in [1.82, 2.24) is 4.98 Å². The lowest BCUT2D eigenvalue weighted by Crippen LogP contribution is -1.96. The zero-order valence-corrected chi connectivity index (χ0v) is 12.9. The molecule has 3 nitrogen and oxygen atoms in total. The summed E-state index contributed by atoms with van der Waals surface area (Å²) < 4.78 is 6.92. The maximum Gasteiger partial charge on any atom is 0.147 e. The van der Waals surface area contributed by atoms with Gasteiger partial charge in [0, 0.05) is 27.0 Å². The molecule has 5 heteroatoms. The summed E-state index contributed by atoms with van der Waals surface area (Å²) in [5.41, 5.74) is 2.08. The average molecular weight is 388 g/mol. The SMILES string of the molecule is OC1CCc2c(Oc3cncc(Cl)c3)ccc(I)c21. The van der Waals surface area contributed by atoms with E-state index in [-0.39, 0.29) is 6.10 Å². The Morgan fingerprint density at radius 1 is 1.37 bits per heavy atom. The molecule has 1 N–H and O–H groups in total. The monoisotopic (exact) mass is 387 g/mol. The summed E-state index contributed by atoms with van der Waals surface area (Å²) >= 11 is 8.14. The number of fused-ring (bicyclic) bond motifs is 1. The standard InChI is InChI=1S/C14H11ClINO2/c15-8-5-9(7-17-6-8)19-13-4-2-11(16)14-10(13)1-3-12(14)18/h2,4-7,12,18H,1,3H2. The zero-order valence-electron chi connectivity index (χ0n) is 9.94. The Morgan fingerprint density at radius 3 is 3.00 bits per heavy atom. The van der Waals surface area contributed by atoms with Gasteiger partial charge in [0.05, 0.1) is 17.3 Å². The zero-order chi connectivity index (χ0) is 13.4. The van der Waals surface area contributed by atoms with Gasteiger partial charge in [-0.2, -0.15) is 0 Å².